The fourth-order valence-electron chi connectivity index (χ4n) is 3.86. The highest BCUT2D eigenvalue weighted by Crippen LogP contribution is 2.40. The van der Waals surface area contributed by atoms with Crippen molar-refractivity contribution >= 4 is 11.5 Å². The molecule has 118 valence electrons. The van der Waals surface area contributed by atoms with E-state index in [2.05, 4.69) is 19.3 Å². The molecular formula is C16H22N4O2. The molecule has 2 saturated heterocycles. The molecule has 2 aromatic heterocycles. The van der Waals surface area contributed by atoms with Crippen molar-refractivity contribution in [1.29, 1.82) is 0 Å². The van der Waals surface area contributed by atoms with Gasteiger partial charge in [-0.25, -0.2) is 4.98 Å². The summed E-state index contributed by atoms with van der Waals surface area (Å²) in [5.41, 5.74) is 0.121. The molecule has 0 aromatic carbocycles. The number of aromatic nitrogens is 3. The van der Waals surface area contributed by atoms with Gasteiger partial charge in [0.25, 0.3) is 0 Å². The van der Waals surface area contributed by atoms with Gasteiger partial charge in [-0.05, 0) is 26.2 Å². The lowest BCUT2D eigenvalue weighted by atomic mass is 9.78. The Kier molecular flexibility index (Phi) is 3.13. The molecule has 1 unspecified atom stereocenters. The summed E-state index contributed by atoms with van der Waals surface area (Å²) in [5.74, 6) is 1.08. The third kappa shape index (κ3) is 2.36. The smallest absolute Gasteiger partial charge is 0.156 e. The number of nitrogens with zero attached hydrogens (tertiary/aromatic N) is 4. The van der Waals surface area contributed by atoms with Crippen LogP contribution in [0.5, 0.6) is 0 Å². The zero-order chi connectivity index (χ0) is 15.2. The summed E-state index contributed by atoms with van der Waals surface area (Å²) in [4.78, 5) is 10.9. The van der Waals surface area contributed by atoms with Crippen LogP contribution >= 0.6 is 0 Å². The Hall–Kier alpha value is -1.66. The van der Waals surface area contributed by atoms with E-state index in [0.29, 0.717) is 6.61 Å². The van der Waals surface area contributed by atoms with E-state index in [-0.39, 0.29) is 5.60 Å². The van der Waals surface area contributed by atoms with Gasteiger partial charge in [-0.2, -0.15) is 0 Å². The molecule has 0 radical (unpaired) electrons. The van der Waals surface area contributed by atoms with Gasteiger partial charge in [-0.1, -0.05) is 0 Å². The lowest BCUT2D eigenvalue weighted by molar-refractivity contribution is -0.162. The molecule has 2 aromatic rings. The van der Waals surface area contributed by atoms with Crippen molar-refractivity contribution in [3.63, 3.8) is 0 Å². The minimum Gasteiger partial charge on any atom is -0.390 e. The molecule has 0 aliphatic carbocycles. The van der Waals surface area contributed by atoms with Crippen molar-refractivity contribution in [3.8, 4) is 0 Å². The van der Waals surface area contributed by atoms with Gasteiger partial charge in [0, 0.05) is 31.9 Å². The summed E-state index contributed by atoms with van der Waals surface area (Å²) in [5, 5.41) is 10.4. The van der Waals surface area contributed by atoms with Gasteiger partial charge in [0.2, 0.25) is 0 Å². The van der Waals surface area contributed by atoms with Crippen LogP contribution in [0, 0.1) is 0 Å². The molecule has 6 heteroatoms. The first-order chi connectivity index (χ1) is 10.6. The Morgan fingerprint density at radius 2 is 2.05 bits per heavy atom. The van der Waals surface area contributed by atoms with E-state index >= 15 is 0 Å². The molecule has 4 heterocycles. The SMILES string of the molecule is CC1(O)CCOC2(CCN(c3cncc4nccn34)CC2)C1. The molecule has 1 spiro atoms. The first-order valence-corrected chi connectivity index (χ1v) is 7.95. The van der Waals surface area contributed by atoms with Crippen molar-refractivity contribution in [2.45, 2.75) is 43.8 Å². The van der Waals surface area contributed by atoms with Crippen LogP contribution in [0.2, 0.25) is 0 Å². The highest BCUT2D eigenvalue weighted by Gasteiger charge is 2.44. The molecule has 6 nitrogen and oxygen atoms in total. The number of hydrogen-bond acceptors (Lipinski definition) is 5. The van der Waals surface area contributed by atoms with Gasteiger partial charge in [0.15, 0.2) is 5.65 Å². The highest BCUT2D eigenvalue weighted by molar-refractivity contribution is 5.48. The van der Waals surface area contributed by atoms with Crippen LogP contribution in [0.4, 0.5) is 5.82 Å². The second-order valence-corrected chi connectivity index (χ2v) is 6.86. The van der Waals surface area contributed by atoms with Crippen molar-refractivity contribution in [1.82, 2.24) is 14.4 Å². The Labute approximate surface area is 129 Å². The van der Waals surface area contributed by atoms with Crippen molar-refractivity contribution in [2.24, 2.45) is 0 Å². The summed E-state index contributed by atoms with van der Waals surface area (Å²) in [6.07, 6.45) is 10.8. The molecule has 2 aliphatic rings. The molecule has 0 saturated carbocycles. The minimum absolute atomic E-state index is 0.158. The fraction of sp³-hybridized carbons (Fsp3) is 0.625. The van der Waals surface area contributed by atoms with Crippen molar-refractivity contribution < 1.29 is 9.84 Å². The number of ether oxygens (including phenoxy) is 1. The highest BCUT2D eigenvalue weighted by atomic mass is 16.5. The maximum atomic E-state index is 10.4. The van der Waals surface area contributed by atoms with Crippen LogP contribution in [0.3, 0.4) is 0 Å². The Morgan fingerprint density at radius 1 is 1.23 bits per heavy atom. The molecule has 1 atom stereocenters. The van der Waals surface area contributed by atoms with Gasteiger partial charge in [0.1, 0.15) is 5.82 Å². The number of aliphatic hydroxyl groups is 1. The predicted molar refractivity (Wildman–Crippen MR) is 83.0 cm³/mol. The average molecular weight is 302 g/mol. The first-order valence-electron chi connectivity index (χ1n) is 7.95. The maximum absolute atomic E-state index is 10.4. The third-order valence-corrected chi connectivity index (χ3v) is 5.05. The monoisotopic (exact) mass is 302 g/mol. The normalized spacial score (nSPS) is 28.4. The average Bonchev–Trinajstić information content (AvgIpc) is 2.95. The second kappa shape index (κ2) is 4.93. The largest absolute Gasteiger partial charge is 0.390 e. The Balaban J connectivity index is 1.53. The molecular weight excluding hydrogens is 280 g/mol. The molecule has 2 aliphatic heterocycles. The topological polar surface area (TPSA) is 62.9 Å². The third-order valence-electron chi connectivity index (χ3n) is 5.05. The molecule has 2 fully saturated rings. The number of anilines is 1. The summed E-state index contributed by atoms with van der Waals surface area (Å²) < 4.78 is 8.15. The van der Waals surface area contributed by atoms with Crippen LogP contribution in [0.25, 0.3) is 5.65 Å². The Bertz CT molecular complexity index is 674. The van der Waals surface area contributed by atoms with Crippen LogP contribution in [-0.2, 0) is 4.74 Å². The van der Waals surface area contributed by atoms with E-state index in [9.17, 15) is 5.11 Å². The second-order valence-electron chi connectivity index (χ2n) is 6.86. The van der Waals surface area contributed by atoms with E-state index < -0.39 is 5.60 Å². The van der Waals surface area contributed by atoms with Crippen molar-refractivity contribution in [2.75, 3.05) is 24.6 Å². The van der Waals surface area contributed by atoms with Gasteiger partial charge >= 0.3 is 0 Å². The molecule has 22 heavy (non-hydrogen) atoms. The van der Waals surface area contributed by atoms with E-state index in [0.717, 1.165) is 50.2 Å². The van der Waals surface area contributed by atoms with E-state index in [1.54, 1.807) is 12.4 Å². The zero-order valence-corrected chi connectivity index (χ0v) is 12.9. The van der Waals surface area contributed by atoms with Crippen LogP contribution in [0.15, 0.2) is 24.8 Å². The Morgan fingerprint density at radius 3 is 2.82 bits per heavy atom. The van der Waals surface area contributed by atoms with Crippen molar-refractivity contribution in [3.05, 3.63) is 24.8 Å². The minimum atomic E-state index is -0.591. The number of fused-ring (bicyclic) bond motifs is 1. The van der Waals surface area contributed by atoms with Crippen LogP contribution in [0.1, 0.15) is 32.6 Å². The predicted octanol–water partition coefficient (Wildman–Crippen LogP) is 1.63. The number of imidazole rings is 1. The van der Waals surface area contributed by atoms with Crippen LogP contribution in [-0.4, -0.2) is 50.4 Å². The van der Waals surface area contributed by atoms with Crippen LogP contribution < -0.4 is 4.90 Å². The quantitative estimate of drug-likeness (QED) is 0.867. The fourth-order valence-corrected chi connectivity index (χ4v) is 3.86. The zero-order valence-electron chi connectivity index (χ0n) is 12.9. The summed E-state index contributed by atoms with van der Waals surface area (Å²) >= 11 is 0. The summed E-state index contributed by atoms with van der Waals surface area (Å²) in [6.45, 7) is 4.41. The van der Waals surface area contributed by atoms with Gasteiger partial charge < -0.3 is 14.7 Å². The standard InChI is InChI=1S/C16H22N4O2/c1-15(21)4-9-22-16(12-15)2-6-19(7-3-16)14-11-17-10-13-18-5-8-20(13)14/h5,8,10-11,21H,2-4,6-7,9,12H2,1H3. The molecule has 0 bridgehead atoms. The number of piperidine rings is 1. The maximum Gasteiger partial charge on any atom is 0.156 e. The number of rotatable bonds is 1. The molecule has 1 N–H and O–H groups in total. The van der Waals surface area contributed by atoms with Gasteiger partial charge in [-0.3, -0.25) is 9.38 Å². The van der Waals surface area contributed by atoms with E-state index in [1.807, 2.05) is 19.3 Å². The van der Waals surface area contributed by atoms with E-state index in [4.69, 9.17) is 4.74 Å². The lowest BCUT2D eigenvalue weighted by Gasteiger charge is -2.48. The lowest BCUT2D eigenvalue weighted by Crippen LogP contribution is -2.53. The van der Waals surface area contributed by atoms with E-state index in [1.165, 1.54) is 0 Å². The first kappa shape index (κ1) is 14.0. The number of hydrogen-bond donors (Lipinski definition) is 1. The van der Waals surface area contributed by atoms with Gasteiger partial charge in [-0.15, -0.1) is 0 Å². The summed E-state index contributed by atoms with van der Waals surface area (Å²) in [6, 6.07) is 0. The van der Waals surface area contributed by atoms with Gasteiger partial charge in [0.05, 0.1) is 30.2 Å². The molecule has 0 amide bonds. The molecule has 4 rings (SSSR count). The summed E-state index contributed by atoms with van der Waals surface area (Å²) in [7, 11) is 0.